The third-order valence-corrected chi connectivity index (χ3v) is 5.55. The minimum atomic E-state index is -0.869. The summed E-state index contributed by atoms with van der Waals surface area (Å²) in [6, 6.07) is 9.35. The highest BCUT2D eigenvalue weighted by Crippen LogP contribution is 2.32. The maximum atomic E-state index is 13.9. The lowest BCUT2D eigenvalue weighted by Crippen LogP contribution is -2.37. The molecule has 0 bridgehead atoms. The van der Waals surface area contributed by atoms with E-state index < -0.39 is 33.5 Å². The molecule has 160 valence electrons. The van der Waals surface area contributed by atoms with Crippen molar-refractivity contribution in [2.75, 3.05) is 13.1 Å². The van der Waals surface area contributed by atoms with Gasteiger partial charge in [0.2, 0.25) is 0 Å². The van der Waals surface area contributed by atoms with Crippen molar-refractivity contribution < 1.29 is 23.7 Å². The van der Waals surface area contributed by atoms with E-state index in [-0.39, 0.29) is 29.1 Å². The third-order valence-electron chi connectivity index (χ3n) is 4.65. The molecule has 0 saturated carbocycles. The highest BCUT2D eigenvalue weighted by Gasteiger charge is 2.34. The van der Waals surface area contributed by atoms with Gasteiger partial charge in [0.15, 0.2) is 0 Å². The van der Waals surface area contributed by atoms with Crippen LogP contribution in [0.1, 0.15) is 27.0 Å². The molecule has 1 aliphatic heterocycles. The second-order valence-electron chi connectivity index (χ2n) is 6.86. The summed E-state index contributed by atoms with van der Waals surface area (Å²) in [6.45, 7) is 3.02. The smallest absolute Gasteiger partial charge is 0.293 e. The minimum absolute atomic E-state index is 0.0852. The van der Waals surface area contributed by atoms with Gasteiger partial charge in [0.1, 0.15) is 5.82 Å². The molecule has 1 N–H and O–H groups in total. The van der Waals surface area contributed by atoms with Gasteiger partial charge in [0.25, 0.3) is 22.7 Å². The van der Waals surface area contributed by atoms with Crippen molar-refractivity contribution in [1.29, 1.82) is 0 Å². The van der Waals surface area contributed by atoms with E-state index in [2.05, 4.69) is 5.32 Å². The van der Waals surface area contributed by atoms with Crippen LogP contribution < -0.4 is 5.32 Å². The first-order chi connectivity index (χ1) is 14.7. The van der Waals surface area contributed by atoms with E-state index in [1.807, 2.05) is 31.2 Å². The van der Waals surface area contributed by atoms with Gasteiger partial charge in [-0.3, -0.25) is 29.4 Å². The summed E-state index contributed by atoms with van der Waals surface area (Å²) in [6.07, 6.45) is 1.62. The summed E-state index contributed by atoms with van der Waals surface area (Å²) < 4.78 is 13.9. The molecule has 0 unspecified atom stereocenters. The second kappa shape index (κ2) is 9.09. The summed E-state index contributed by atoms with van der Waals surface area (Å²) >= 11 is 0.806. The first-order valence-electron chi connectivity index (χ1n) is 9.22. The number of thioether (sulfide) groups is 1. The molecule has 0 radical (unpaired) electrons. The van der Waals surface area contributed by atoms with Gasteiger partial charge in [-0.15, -0.1) is 0 Å². The van der Waals surface area contributed by atoms with Gasteiger partial charge in [-0.2, -0.15) is 0 Å². The molecule has 8 nitrogen and oxygen atoms in total. The number of nitrogens with one attached hydrogen (secondary N) is 1. The SMILES string of the molecule is Cc1ccc(/C=C2\SC(=O)N(CCNC(=O)c3cc(F)c(C)c([N+](=O)[O-])c3)C2=O)cc1. The minimum Gasteiger partial charge on any atom is -0.350 e. The van der Waals surface area contributed by atoms with E-state index in [4.69, 9.17) is 0 Å². The predicted octanol–water partition coefficient (Wildman–Crippen LogP) is 3.82. The van der Waals surface area contributed by atoms with Crippen LogP contribution in [-0.2, 0) is 4.79 Å². The Morgan fingerprint density at radius 1 is 1.23 bits per heavy atom. The van der Waals surface area contributed by atoms with Crippen LogP contribution in [0.2, 0.25) is 0 Å². The van der Waals surface area contributed by atoms with Gasteiger partial charge in [-0.25, -0.2) is 4.39 Å². The molecule has 2 aromatic carbocycles. The standard InChI is InChI=1S/C21H18FN3O5S/c1-12-3-5-14(6-4-12)9-18-20(27)24(21(28)31-18)8-7-23-19(26)15-10-16(22)13(2)17(11-15)25(29)30/h3-6,9-11H,7-8H2,1-2H3,(H,23,26)/b18-9-. The number of nitro benzene ring substituents is 1. The largest absolute Gasteiger partial charge is 0.350 e. The van der Waals surface area contributed by atoms with E-state index in [0.717, 1.165) is 39.9 Å². The Kier molecular flexibility index (Phi) is 6.50. The number of aryl methyl sites for hydroxylation is 1. The fraction of sp³-hybridized carbons (Fsp3) is 0.190. The zero-order valence-corrected chi connectivity index (χ0v) is 17.5. The molecule has 0 spiro atoms. The highest BCUT2D eigenvalue weighted by atomic mass is 32.2. The Morgan fingerprint density at radius 2 is 1.90 bits per heavy atom. The van der Waals surface area contributed by atoms with Gasteiger partial charge in [0.05, 0.1) is 15.4 Å². The molecule has 0 aromatic heterocycles. The van der Waals surface area contributed by atoms with Crippen LogP contribution in [0.5, 0.6) is 0 Å². The number of rotatable bonds is 6. The molecule has 10 heteroatoms. The number of nitro groups is 1. The number of amides is 3. The first kappa shape index (κ1) is 22.2. The Hall–Kier alpha value is -3.53. The number of hydrogen-bond donors (Lipinski definition) is 1. The lowest BCUT2D eigenvalue weighted by atomic mass is 10.1. The lowest BCUT2D eigenvalue weighted by Gasteiger charge is -2.13. The number of halogens is 1. The number of benzene rings is 2. The van der Waals surface area contributed by atoms with Crippen molar-refractivity contribution in [3.63, 3.8) is 0 Å². The van der Waals surface area contributed by atoms with E-state index in [1.165, 1.54) is 6.92 Å². The monoisotopic (exact) mass is 443 g/mol. The number of imide groups is 1. The summed E-state index contributed by atoms with van der Waals surface area (Å²) in [7, 11) is 0. The molecular weight excluding hydrogens is 425 g/mol. The van der Waals surface area contributed by atoms with E-state index in [0.29, 0.717) is 0 Å². The first-order valence-corrected chi connectivity index (χ1v) is 10.0. The van der Waals surface area contributed by atoms with Crippen LogP contribution in [0.25, 0.3) is 6.08 Å². The highest BCUT2D eigenvalue weighted by molar-refractivity contribution is 8.18. The van der Waals surface area contributed by atoms with Crippen LogP contribution in [0.4, 0.5) is 14.9 Å². The Bertz CT molecular complexity index is 1110. The van der Waals surface area contributed by atoms with Crippen LogP contribution in [0, 0.1) is 29.8 Å². The quantitative estimate of drug-likeness (QED) is 0.413. The van der Waals surface area contributed by atoms with E-state index >= 15 is 0 Å². The van der Waals surface area contributed by atoms with Gasteiger partial charge in [-0.05, 0) is 43.3 Å². The van der Waals surface area contributed by atoms with Crippen LogP contribution in [0.15, 0.2) is 41.3 Å². The van der Waals surface area contributed by atoms with Gasteiger partial charge < -0.3 is 5.32 Å². The van der Waals surface area contributed by atoms with Crippen LogP contribution in [0.3, 0.4) is 0 Å². The molecule has 3 amide bonds. The molecule has 1 aliphatic rings. The van der Waals surface area contributed by atoms with Crippen molar-refractivity contribution in [1.82, 2.24) is 10.2 Å². The molecule has 1 fully saturated rings. The third kappa shape index (κ3) is 4.97. The number of hydrogen-bond acceptors (Lipinski definition) is 6. The van der Waals surface area contributed by atoms with E-state index in [1.54, 1.807) is 6.08 Å². The fourth-order valence-corrected chi connectivity index (χ4v) is 3.74. The second-order valence-corrected chi connectivity index (χ2v) is 7.85. The van der Waals surface area contributed by atoms with Crippen LogP contribution in [-0.4, -0.2) is 40.0 Å². The summed E-state index contributed by atoms with van der Waals surface area (Å²) in [5.74, 6) is -2.09. The average molecular weight is 443 g/mol. The Balaban J connectivity index is 1.63. The maximum Gasteiger partial charge on any atom is 0.293 e. The molecule has 31 heavy (non-hydrogen) atoms. The van der Waals surface area contributed by atoms with E-state index in [9.17, 15) is 28.9 Å². The topological polar surface area (TPSA) is 110 Å². The lowest BCUT2D eigenvalue weighted by molar-refractivity contribution is -0.385. The maximum absolute atomic E-state index is 13.9. The molecule has 1 saturated heterocycles. The molecule has 0 aliphatic carbocycles. The number of carbonyl (C=O) groups excluding carboxylic acids is 3. The number of carbonyl (C=O) groups is 3. The predicted molar refractivity (Wildman–Crippen MR) is 114 cm³/mol. The molecule has 3 rings (SSSR count). The van der Waals surface area contributed by atoms with Gasteiger partial charge >= 0.3 is 0 Å². The molecular formula is C21H18FN3O5S. The van der Waals surface area contributed by atoms with Gasteiger partial charge in [0, 0.05) is 24.7 Å². The van der Waals surface area contributed by atoms with Crippen molar-refractivity contribution >= 4 is 40.6 Å². The number of nitrogens with zero attached hydrogens (tertiary/aromatic N) is 2. The zero-order chi connectivity index (χ0) is 22.7. The average Bonchev–Trinajstić information content (AvgIpc) is 2.98. The van der Waals surface area contributed by atoms with Crippen molar-refractivity contribution in [2.45, 2.75) is 13.8 Å². The Morgan fingerprint density at radius 3 is 2.55 bits per heavy atom. The van der Waals surface area contributed by atoms with Crippen LogP contribution >= 0.6 is 11.8 Å². The van der Waals surface area contributed by atoms with Gasteiger partial charge in [-0.1, -0.05) is 29.8 Å². The van der Waals surface area contributed by atoms with Crippen molar-refractivity contribution in [2.24, 2.45) is 0 Å². The molecule has 2 aromatic rings. The summed E-state index contributed by atoms with van der Waals surface area (Å²) in [5.41, 5.74) is 0.965. The normalized spacial score (nSPS) is 14.9. The Labute approximate surface area is 181 Å². The zero-order valence-electron chi connectivity index (χ0n) is 16.7. The molecule has 1 heterocycles. The van der Waals surface area contributed by atoms with Crippen molar-refractivity contribution in [3.05, 3.63) is 79.5 Å². The fourth-order valence-electron chi connectivity index (χ4n) is 2.88. The molecule has 0 atom stereocenters. The summed E-state index contributed by atoms with van der Waals surface area (Å²) in [4.78, 5) is 48.5. The van der Waals surface area contributed by atoms with Crippen molar-refractivity contribution in [3.8, 4) is 0 Å². The summed E-state index contributed by atoms with van der Waals surface area (Å²) in [5, 5.41) is 13.0.